The van der Waals surface area contributed by atoms with Crippen molar-refractivity contribution in [3.8, 4) is 0 Å². The summed E-state index contributed by atoms with van der Waals surface area (Å²) in [6.45, 7) is -0.0793. The third-order valence-electron chi connectivity index (χ3n) is 1.59. The summed E-state index contributed by atoms with van der Waals surface area (Å²) < 4.78 is 33.8. The Hall–Kier alpha value is -1.79. The van der Waals surface area contributed by atoms with Gasteiger partial charge in [0.1, 0.15) is 4.90 Å². The molecule has 0 aromatic heterocycles. The lowest BCUT2D eigenvalue weighted by Gasteiger charge is -2.01. The molecule has 0 heterocycles. The van der Waals surface area contributed by atoms with Crippen LogP contribution >= 0.6 is 0 Å². The van der Waals surface area contributed by atoms with Crippen LogP contribution in [-0.4, -0.2) is 8.42 Å². The highest BCUT2D eigenvalue weighted by molar-refractivity contribution is 7.86. The molecule has 0 radical (unpaired) electrons. The van der Waals surface area contributed by atoms with Gasteiger partial charge < -0.3 is 5.73 Å². The minimum atomic E-state index is -4.79. The number of anilines is 1. The predicted octanol–water partition coefficient (Wildman–Crippen LogP) is 1.74. The third-order valence-corrected chi connectivity index (χ3v) is 2.39. The van der Waals surface area contributed by atoms with E-state index in [1.54, 1.807) is 0 Å². The molecule has 15 heavy (non-hydrogen) atoms. The maximum Gasteiger partial charge on any atom is 0.332 e. The number of nitrogen functional groups attached to an aromatic ring is 1. The van der Waals surface area contributed by atoms with Gasteiger partial charge in [0, 0.05) is 10.6 Å². The number of hydrogen-bond acceptors (Lipinski definition) is 4. The molecular formula is C7H7FN4O2S. The van der Waals surface area contributed by atoms with Crippen molar-refractivity contribution in [3.63, 3.8) is 0 Å². The first-order valence-electron chi connectivity index (χ1n) is 3.78. The quantitative estimate of drug-likeness (QED) is 0.280. The lowest BCUT2D eigenvalue weighted by molar-refractivity contribution is 0.552. The van der Waals surface area contributed by atoms with Crippen LogP contribution in [-0.2, 0) is 16.8 Å². The Morgan fingerprint density at radius 3 is 2.67 bits per heavy atom. The molecule has 8 heteroatoms. The molecule has 0 saturated carbocycles. The van der Waals surface area contributed by atoms with E-state index in [9.17, 15) is 12.3 Å². The molecule has 0 aliphatic heterocycles. The van der Waals surface area contributed by atoms with Crippen LogP contribution in [0, 0.1) is 0 Å². The van der Waals surface area contributed by atoms with Crippen molar-refractivity contribution in [2.24, 2.45) is 5.11 Å². The highest BCUT2D eigenvalue weighted by Gasteiger charge is 2.13. The summed E-state index contributed by atoms with van der Waals surface area (Å²) in [5.74, 6) is 0. The Morgan fingerprint density at radius 1 is 1.47 bits per heavy atom. The number of hydrogen-bond donors (Lipinski definition) is 1. The molecule has 0 bridgehead atoms. The van der Waals surface area contributed by atoms with Crippen molar-refractivity contribution in [1.29, 1.82) is 0 Å². The molecule has 0 amide bonds. The highest BCUT2D eigenvalue weighted by Crippen LogP contribution is 2.19. The standard InChI is InChI=1S/C7H7FN4O2S/c8-15(13,14)7-2-5(4-11-12-10)1-6(9)3-7/h1-3H,4,9H2. The summed E-state index contributed by atoms with van der Waals surface area (Å²) in [4.78, 5) is 1.96. The minimum Gasteiger partial charge on any atom is -0.399 e. The van der Waals surface area contributed by atoms with Crippen molar-refractivity contribution >= 4 is 15.9 Å². The smallest absolute Gasteiger partial charge is 0.332 e. The molecule has 0 aliphatic rings. The zero-order valence-corrected chi connectivity index (χ0v) is 8.28. The molecule has 1 aromatic carbocycles. The van der Waals surface area contributed by atoms with Crippen molar-refractivity contribution < 1.29 is 12.3 Å². The van der Waals surface area contributed by atoms with Gasteiger partial charge >= 0.3 is 10.2 Å². The van der Waals surface area contributed by atoms with Crippen LogP contribution in [0.2, 0.25) is 0 Å². The highest BCUT2D eigenvalue weighted by atomic mass is 32.3. The van der Waals surface area contributed by atoms with Gasteiger partial charge in [-0.05, 0) is 29.3 Å². The van der Waals surface area contributed by atoms with E-state index >= 15 is 0 Å². The second-order valence-corrected chi connectivity index (χ2v) is 4.08. The van der Waals surface area contributed by atoms with E-state index in [2.05, 4.69) is 10.0 Å². The van der Waals surface area contributed by atoms with Gasteiger partial charge in [-0.2, -0.15) is 8.42 Å². The number of benzene rings is 1. The fraction of sp³-hybridized carbons (Fsp3) is 0.143. The summed E-state index contributed by atoms with van der Waals surface area (Å²) in [6.07, 6.45) is 0. The molecule has 0 fully saturated rings. The van der Waals surface area contributed by atoms with Gasteiger partial charge in [0.2, 0.25) is 0 Å². The van der Waals surface area contributed by atoms with Gasteiger partial charge in [-0.1, -0.05) is 5.11 Å². The first kappa shape index (κ1) is 11.3. The van der Waals surface area contributed by atoms with Crippen LogP contribution < -0.4 is 5.73 Å². The largest absolute Gasteiger partial charge is 0.399 e. The van der Waals surface area contributed by atoms with Crippen molar-refractivity contribution in [1.82, 2.24) is 0 Å². The zero-order chi connectivity index (χ0) is 11.5. The Kier molecular flexibility index (Phi) is 3.13. The van der Waals surface area contributed by atoms with E-state index < -0.39 is 15.1 Å². The summed E-state index contributed by atoms with van der Waals surface area (Å²) in [5.41, 5.74) is 13.9. The third kappa shape index (κ3) is 3.12. The first-order chi connectivity index (χ1) is 6.93. The second-order valence-electron chi connectivity index (χ2n) is 2.74. The predicted molar refractivity (Wildman–Crippen MR) is 52.0 cm³/mol. The molecule has 80 valence electrons. The Bertz CT molecular complexity index is 522. The second kappa shape index (κ2) is 4.16. The number of nitrogens with zero attached hydrogens (tertiary/aromatic N) is 3. The van der Waals surface area contributed by atoms with E-state index in [1.807, 2.05) is 0 Å². The van der Waals surface area contributed by atoms with Crippen LogP contribution in [0.5, 0.6) is 0 Å². The molecule has 6 nitrogen and oxygen atoms in total. The van der Waals surface area contributed by atoms with E-state index in [1.165, 1.54) is 6.07 Å². The number of nitrogens with two attached hydrogens (primary N) is 1. The van der Waals surface area contributed by atoms with E-state index in [0.29, 0.717) is 5.56 Å². The number of halogens is 1. The zero-order valence-electron chi connectivity index (χ0n) is 7.46. The Balaban J connectivity index is 3.22. The molecular weight excluding hydrogens is 223 g/mol. The lowest BCUT2D eigenvalue weighted by Crippen LogP contribution is -1.97. The topological polar surface area (TPSA) is 109 Å². The van der Waals surface area contributed by atoms with E-state index in [-0.39, 0.29) is 12.2 Å². The van der Waals surface area contributed by atoms with Gasteiger partial charge in [-0.25, -0.2) is 0 Å². The maximum atomic E-state index is 12.6. The lowest BCUT2D eigenvalue weighted by atomic mass is 10.2. The molecule has 0 saturated heterocycles. The summed E-state index contributed by atoms with van der Waals surface area (Å²) in [7, 11) is -4.79. The van der Waals surface area contributed by atoms with Gasteiger partial charge in [0.15, 0.2) is 0 Å². The van der Waals surface area contributed by atoms with Crippen molar-refractivity contribution in [3.05, 3.63) is 34.2 Å². The van der Waals surface area contributed by atoms with Crippen LogP contribution in [0.3, 0.4) is 0 Å². The molecule has 2 N–H and O–H groups in total. The average Bonchev–Trinajstić information content (AvgIpc) is 2.12. The molecule has 1 rings (SSSR count). The monoisotopic (exact) mass is 230 g/mol. The molecule has 0 unspecified atom stereocenters. The fourth-order valence-electron chi connectivity index (χ4n) is 1.03. The molecule has 0 spiro atoms. The van der Waals surface area contributed by atoms with Crippen LogP contribution in [0.25, 0.3) is 10.4 Å². The molecule has 0 atom stereocenters. The first-order valence-corrected chi connectivity index (χ1v) is 5.17. The average molecular weight is 230 g/mol. The summed E-state index contributed by atoms with van der Waals surface area (Å²) in [6, 6.07) is 3.47. The van der Waals surface area contributed by atoms with Gasteiger partial charge in [-0.3, -0.25) is 0 Å². The van der Waals surface area contributed by atoms with Crippen LogP contribution in [0.15, 0.2) is 28.2 Å². The van der Waals surface area contributed by atoms with Crippen molar-refractivity contribution in [2.45, 2.75) is 11.4 Å². The van der Waals surface area contributed by atoms with Crippen LogP contribution in [0.1, 0.15) is 5.56 Å². The van der Waals surface area contributed by atoms with Gasteiger partial charge in [-0.15, -0.1) is 3.89 Å². The van der Waals surface area contributed by atoms with Gasteiger partial charge in [0.25, 0.3) is 0 Å². The maximum absolute atomic E-state index is 12.6. The molecule has 1 aromatic rings. The SMILES string of the molecule is [N-]=[N+]=NCc1cc(N)cc(S(=O)(=O)F)c1. The van der Waals surface area contributed by atoms with E-state index in [4.69, 9.17) is 11.3 Å². The molecule has 0 aliphatic carbocycles. The van der Waals surface area contributed by atoms with Crippen LogP contribution in [0.4, 0.5) is 9.57 Å². The summed E-state index contributed by atoms with van der Waals surface area (Å²) in [5, 5.41) is 3.21. The fourth-order valence-corrected chi connectivity index (χ4v) is 1.60. The Labute approximate surface area is 85.4 Å². The summed E-state index contributed by atoms with van der Waals surface area (Å²) >= 11 is 0. The number of rotatable bonds is 3. The minimum absolute atomic E-state index is 0.0793. The van der Waals surface area contributed by atoms with Crippen molar-refractivity contribution in [2.75, 3.05) is 5.73 Å². The Morgan fingerprint density at radius 2 is 2.13 bits per heavy atom. The van der Waals surface area contributed by atoms with Gasteiger partial charge in [0.05, 0.1) is 6.54 Å². The number of azide groups is 1. The normalized spacial score (nSPS) is 10.7. The van der Waals surface area contributed by atoms with E-state index in [0.717, 1.165) is 12.1 Å².